The zero-order valence-corrected chi connectivity index (χ0v) is 19.5. The predicted molar refractivity (Wildman–Crippen MR) is 125 cm³/mol. The molecule has 1 aliphatic rings. The van der Waals surface area contributed by atoms with Crippen LogP contribution in [0, 0.1) is 0 Å². The Kier molecular flexibility index (Phi) is 7.95. The second kappa shape index (κ2) is 10.7. The van der Waals surface area contributed by atoms with Crippen LogP contribution in [0.4, 0.5) is 5.69 Å². The van der Waals surface area contributed by atoms with Crippen molar-refractivity contribution in [3.05, 3.63) is 57.4 Å². The van der Waals surface area contributed by atoms with E-state index in [1.54, 1.807) is 19.1 Å². The molecule has 0 unspecified atom stereocenters. The van der Waals surface area contributed by atoms with Gasteiger partial charge in [-0.1, -0.05) is 34.1 Å². The molecule has 3 rings (SSSR count). The summed E-state index contributed by atoms with van der Waals surface area (Å²) in [4.78, 5) is 20.0. The molecule has 1 amide bonds. The van der Waals surface area contributed by atoms with Gasteiger partial charge in [-0.2, -0.15) is 0 Å². The summed E-state index contributed by atoms with van der Waals surface area (Å²) in [6.45, 7) is 3.30. The number of nitrogens with zero attached hydrogens (tertiary/aromatic N) is 2. The molecule has 2 aromatic rings. The summed E-state index contributed by atoms with van der Waals surface area (Å²) >= 11 is 4.91. The number of halogens is 1. The molecule has 1 heterocycles. The lowest BCUT2D eigenvalue weighted by molar-refractivity contribution is -0.122. The van der Waals surface area contributed by atoms with E-state index in [0.717, 1.165) is 15.7 Å². The van der Waals surface area contributed by atoms with Crippen LogP contribution < -0.4 is 9.47 Å². The molecule has 8 heteroatoms. The first kappa shape index (κ1) is 22.4. The molecular formula is C22H23BrN2O4S. The average molecular weight is 491 g/mol. The Labute approximate surface area is 189 Å². The number of para-hydroxylation sites is 1. The van der Waals surface area contributed by atoms with Crippen LogP contribution in [0.2, 0.25) is 0 Å². The lowest BCUT2D eigenvalue weighted by Crippen LogP contribution is -2.32. The lowest BCUT2D eigenvalue weighted by Gasteiger charge is -2.14. The first-order valence-corrected chi connectivity index (χ1v) is 11.0. The number of carbonyl (C=O) groups excluding carboxylic acids is 1. The molecule has 0 radical (unpaired) electrons. The molecule has 158 valence electrons. The molecule has 0 spiro atoms. The molecule has 1 fully saturated rings. The third-order valence-electron chi connectivity index (χ3n) is 4.26. The maximum absolute atomic E-state index is 13.1. The first-order valence-electron chi connectivity index (χ1n) is 9.41. The van der Waals surface area contributed by atoms with Crippen LogP contribution in [0.15, 0.2) is 56.8 Å². The van der Waals surface area contributed by atoms with Crippen molar-refractivity contribution in [2.75, 3.05) is 34.0 Å². The van der Waals surface area contributed by atoms with E-state index in [4.69, 9.17) is 14.2 Å². The first-order chi connectivity index (χ1) is 14.6. The van der Waals surface area contributed by atoms with E-state index in [1.165, 1.54) is 11.8 Å². The summed E-state index contributed by atoms with van der Waals surface area (Å²) in [7, 11) is 3.21. The maximum atomic E-state index is 13.1. The summed E-state index contributed by atoms with van der Waals surface area (Å²) in [5, 5.41) is 0.628. The van der Waals surface area contributed by atoms with Crippen LogP contribution in [0.5, 0.6) is 11.5 Å². The maximum Gasteiger partial charge on any atom is 0.266 e. The van der Waals surface area contributed by atoms with Gasteiger partial charge in [0.25, 0.3) is 5.91 Å². The Morgan fingerprint density at radius 3 is 2.60 bits per heavy atom. The normalized spacial score (nSPS) is 16.5. The van der Waals surface area contributed by atoms with Crippen LogP contribution in [-0.4, -0.2) is 50.0 Å². The third-order valence-corrected chi connectivity index (χ3v) is 5.95. The number of carbonyl (C=O) groups is 1. The highest BCUT2D eigenvalue weighted by Gasteiger charge is 2.33. The number of hydrogen-bond donors (Lipinski definition) is 0. The molecule has 6 nitrogen and oxygen atoms in total. The quantitative estimate of drug-likeness (QED) is 0.481. The summed E-state index contributed by atoms with van der Waals surface area (Å²) in [5.74, 6) is 1.15. The van der Waals surface area contributed by atoms with Crippen LogP contribution >= 0.6 is 27.7 Å². The number of aliphatic imine (C=N–C) groups is 1. The van der Waals surface area contributed by atoms with Crippen molar-refractivity contribution in [2.24, 2.45) is 4.99 Å². The number of ether oxygens (including phenoxy) is 3. The molecular weight excluding hydrogens is 468 g/mol. The van der Waals surface area contributed by atoms with E-state index in [2.05, 4.69) is 20.9 Å². The largest absolute Gasteiger partial charge is 0.493 e. The van der Waals surface area contributed by atoms with Gasteiger partial charge in [-0.25, -0.2) is 4.99 Å². The van der Waals surface area contributed by atoms with E-state index < -0.39 is 0 Å². The van der Waals surface area contributed by atoms with Gasteiger partial charge in [0.05, 0.1) is 37.5 Å². The van der Waals surface area contributed by atoms with Gasteiger partial charge in [-0.15, -0.1) is 0 Å². The summed E-state index contributed by atoms with van der Waals surface area (Å²) < 4.78 is 17.0. The van der Waals surface area contributed by atoms with Crippen LogP contribution in [0.25, 0.3) is 6.08 Å². The van der Waals surface area contributed by atoms with Crippen molar-refractivity contribution in [2.45, 2.75) is 6.92 Å². The van der Waals surface area contributed by atoms with E-state index in [1.807, 2.05) is 55.5 Å². The van der Waals surface area contributed by atoms with Crippen molar-refractivity contribution < 1.29 is 19.0 Å². The van der Waals surface area contributed by atoms with Crippen molar-refractivity contribution in [1.82, 2.24) is 4.90 Å². The van der Waals surface area contributed by atoms with E-state index in [0.29, 0.717) is 41.3 Å². The fourth-order valence-corrected chi connectivity index (χ4v) is 4.27. The van der Waals surface area contributed by atoms with Gasteiger partial charge in [0.1, 0.15) is 0 Å². The number of rotatable bonds is 8. The standard InChI is InChI=1S/C22H23BrN2O4S/c1-4-29-19-14-17(23)15(12-18(19)28-3)13-20-21(26)25(10-11-27-2)22(30-20)24-16-8-6-5-7-9-16/h5-9,12-14H,4,10-11H2,1-3H3/b20-13+,24-22?. The minimum Gasteiger partial charge on any atom is -0.493 e. The monoisotopic (exact) mass is 490 g/mol. The molecule has 1 aliphatic heterocycles. The molecule has 0 bridgehead atoms. The third kappa shape index (κ3) is 5.24. The van der Waals surface area contributed by atoms with Gasteiger partial charge in [-0.3, -0.25) is 9.69 Å². The molecule has 0 aromatic heterocycles. The highest BCUT2D eigenvalue weighted by Crippen LogP contribution is 2.38. The van der Waals surface area contributed by atoms with Gasteiger partial charge in [0.15, 0.2) is 16.7 Å². The second-order valence-corrected chi connectivity index (χ2v) is 8.11. The SMILES string of the molecule is CCOc1cc(Br)c(/C=C2/SC(=Nc3ccccc3)N(CCOC)C2=O)cc1OC. The Balaban J connectivity index is 1.96. The Bertz CT molecular complexity index is 963. The van der Waals surface area contributed by atoms with Gasteiger partial charge >= 0.3 is 0 Å². The molecule has 2 aromatic carbocycles. The zero-order valence-electron chi connectivity index (χ0n) is 17.1. The Morgan fingerprint density at radius 1 is 1.17 bits per heavy atom. The minimum absolute atomic E-state index is 0.105. The van der Waals surface area contributed by atoms with Gasteiger partial charge < -0.3 is 14.2 Å². The molecule has 0 atom stereocenters. The molecule has 30 heavy (non-hydrogen) atoms. The minimum atomic E-state index is -0.105. The Hall–Kier alpha value is -2.29. The fourth-order valence-electron chi connectivity index (χ4n) is 2.81. The second-order valence-electron chi connectivity index (χ2n) is 6.25. The summed E-state index contributed by atoms with van der Waals surface area (Å²) in [5.41, 5.74) is 1.61. The molecule has 0 saturated carbocycles. The number of methoxy groups -OCH3 is 2. The number of amides is 1. The highest BCUT2D eigenvalue weighted by atomic mass is 79.9. The molecule has 0 N–H and O–H groups in total. The van der Waals surface area contributed by atoms with Crippen LogP contribution in [-0.2, 0) is 9.53 Å². The lowest BCUT2D eigenvalue weighted by atomic mass is 10.2. The number of amidine groups is 1. The smallest absolute Gasteiger partial charge is 0.266 e. The number of benzene rings is 2. The fraction of sp³-hybridized carbons (Fsp3) is 0.273. The van der Waals surface area contributed by atoms with Gasteiger partial charge in [-0.05, 0) is 54.6 Å². The topological polar surface area (TPSA) is 60.4 Å². The molecule has 0 aliphatic carbocycles. The van der Waals surface area contributed by atoms with Crippen LogP contribution in [0.1, 0.15) is 12.5 Å². The summed E-state index contributed by atoms with van der Waals surface area (Å²) in [6, 6.07) is 13.3. The van der Waals surface area contributed by atoms with E-state index in [9.17, 15) is 4.79 Å². The van der Waals surface area contributed by atoms with E-state index >= 15 is 0 Å². The average Bonchev–Trinajstić information content (AvgIpc) is 3.03. The van der Waals surface area contributed by atoms with Gasteiger partial charge in [0, 0.05) is 11.6 Å². The predicted octanol–water partition coefficient (Wildman–Crippen LogP) is 5.11. The van der Waals surface area contributed by atoms with Crippen molar-refractivity contribution >= 4 is 50.5 Å². The Morgan fingerprint density at radius 2 is 1.93 bits per heavy atom. The summed E-state index contributed by atoms with van der Waals surface area (Å²) in [6.07, 6.45) is 1.84. The number of thioether (sulfide) groups is 1. The number of hydrogen-bond acceptors (Lipinski definition) is 6. The van der Waals surface area contributed by atoms with E-state index in [-0.39, 0.29) is 5.91 Å². The van der Waals surface area contributed by atoms with Gasteiger partial charge in [0.2, 0.25) is 0 Å². The molecule has 1 saturated heterocycles. The van der Waals surface area contributed by atoms with Crippen LogP contribution in [0.3, 0.4) is 0 Å². The van der Waals surface area contributed by atoms with Crippen molar-refractivity contribution in [3.63, 3.8) is 0 Å². The zero-order chi connectivity index (χ0) is 21.5. The van der Waals surface area contributed by atoms with Crippen molar-refractivity contribution in [1.29, 1.82) is 0 Å². The van der Waals surface area contributed by atoms with Crippen molar-refractivity contribution in [3.8, 4) is 11.5 Å². The highest BCUT2D eigenvalue weighted by molar-refractivity contribution is 9.10.